The number of nitrogens with one attached hydrogen (secondary N) is 2. The lowest BCUT2D eigenvalue weighted by atomic mass is 9.73. The second kappa shape index (κ2) is 8.92. The first-order chi connectivity index (χ1) is 10.4. The number of aliphatic hydroxyl groups is 1. The van der Waals surface area contributed by atoms with Gasteiger partial charge in [0.1, 0.15) is 11.5 Å². The van der Waals surface area contributed by atoms with Gasteiger partial charge >= 0.3 is 0 Å². The molecule has 1 aromatic rings. The average Bonchev–Trinajstić information content (AvgIpc) is 2.93. The van der Waals surface area contributed by atoms with Gasteiger partial charge in [0.25, 0.3) is 0 Å². The van der Waals surface area contributed by atoms with Gasteiger partial charge < -0.3 is 20.2 Å². The van der Waals surface area contributed by atoms with Crippen molar-refractivity contribution in [2.24, 2.45) is 10.4 Å². The topological polar surface area (TPSA) is 69.8 Å². The minimum Gasteiger partial charge on any atom is -0.464 e. The second-order valence-corrected chi connectivity index (χ2v) is 6.66. The largest absolute Gasteiger partial charge is 0.464 e. The van der Waals surface area contributed by atoms with Crippen molar-refractivity contribution in [3.8, 4) is 0 Å². The Balaban J connectivity index is 0.00000264. The molecule has 0 aliphatic heterocycles. The van der Waals surface area contributed by atoms with Crippen LogP contribution < -0.4 is 10.6 Å². The van der Waals surface area contributed by atoms with Crippen molar-refractivity contribution in [1.82, 2.24) is 10.6 Å². The number of guanidine groups is 1. The fourth-order valence-electron chi connectivity index (χ4n) is 3.03. The van der Waals surface area contributed by atoms with Crippen LogP contribution in [0.15, 0.2) is 21.5 Å². The van der Waals surface area contributed by atoms with Gasteiger partial charge in [-0.05, 0) is 38.8 Å². The van der Waals surface area contributed by atoms with E-state index in [2.05, 4.69) is 22.5 Å². The standard InChI is InChI=1S/C17H29N3O2.HI/c1-12-8-9-14(22-12)13(2)20-16(18-4)19-11-17(3)10-6-5-7-15(17)21;/h8-9,13,15,21H,5-7,10-11H2,1-4H3,(H2,18,19,20);1H. The summed E-state index contributed by atoms with van der Waals surface area (Å²) in [6.07, 6.45) is 4.01. The van der Waals surface area contributed by atoms with Crippen LogP contribution in [0.3, 0.4) is 0 Å². The van der Waals surface area contributed by atoms with Crippen molar-refractivity contribution in [2.45, 2.75) is 58.6 Å². The van der Waals surface area contributed by atoms with Crippen molar-refractivity contribution in [1.29, 1.82) is 0 Å². The first kappa shape index (κ1) is 20.3. The van der Waals surface area contributed by atoms with Gasteiger partial charge in [-0.2, -0.15) is 0 Å². The van der Waals surface area contributed by atoms with Gasteiger partial charge in [0.05, 0.1) is 12.1 Å². The van der Waals surface area contributed by atoms with Gasteiger partial charge in [0, 0.05) is 19.0 Å². The average molecular weight is 435 g/mol. The maximum atomic E-state index is 10.3. The zero-order chi connectivity index (χ0) is 16.2. The quantitative estimate of drug-likeness (QED) is 0.386. The number of aliphatic imine (C=N–C) groups is 1. The third-order valence-corrected chi connectivity index (χ3v) is 4.70. The molecule has 0 radical (unpaired) electrons. The predicted octanol–water partition coefficient (Wildman–Crippen LogP) is 3.37. The van der Waals surface area contributed by atoms with Crippen LogP contribution in [0.25, 0.3) is 0 Å². The monoisotopic (exact) mass is 435 g/mol. The van der Waals surface area contributed by atoms with Crippen LogP contribution in [0.2, 0.25) is 0 Å². The molecule has 0 amide bonds. The first-order valence-electron chi connectivity index (χ1n) is 8.16. The Hall–Kier alpha value is -0.760. The Kier molecular flexibility index (Phi) is 7.86. The van der Waals surface area contributed by atoms with E-state index >= 15 is 0 Å². The van der Waals surface area contributed by atoms with Gasteiger partial charge in [-0.3, -0.25) is 4.99 Å². The zero-order valence-electron chi connectivity index (χ0n) is 14.6. The summed E-state index contributed by atoms with van der Waals surface area (Å²) in [6, 6.07) is 3.99. The van der Waals surface area contributed by atoms with Crippen LogP contribution in [0.1, 0.15) is 57.1 Å². The first-order valence-corrected chi connectivity index (χ1v) is 8.16. The molecular formula is C17H30IN3O2. The van der Waals surface area contributed by atoms with E-state index in [1.807, 2.05) is 26.0 Å². The Bertz CT molecular complexity index is 518. The van der Waals surface area contributed by atoms with Crippen molar-refractivity contribution in [2.75, 3.05) is 13.6 Å². The lowest BCUT2D eigenvalue weighted by Gasteiger charge is -2.39. The molecule has 23 heavy (non-hydrogen) atoms. The number of aryl methyl sites for hydroxylation is 1. The van der Waals surface area contributed by atoms with Gasteiger partial charge in [-0.25, -0.2) is 0 Å². The molecule has 1 aliphatic rings. The van der Waals surface area contributed by atoms with Crippen LogP contribution in [0, 0.1) is 12.3 Å². The molecule has 1 saturated carbocycles. The van der Waals surface area contributed by atoms with Crippen LogP contribution in [0.4, 0.5) is 0 Å². The molecule has 0 spiro atoms. The fraction of sp³-hybridized carbons (Fsp3) is 0.706. The zero-order valence-corrected chi connectivity index (χ0v) is 16.9. The summed E-state index contributed by atoms with van der Waals surface area (Å²) < 4.78 is 5.64. The van der Waals surface area contributed by atoms with Crippen LogP contribution in [-0.4, -0.2) is 30.8 Å². The molecule has 0 saturated heterocycles. The molecule has 3 unspecified atom stereocenters. The molecule has 0 aromatic carbocycles. The molecule has 1 heterocycles. The molecule has 1 aromatic heterocycles. The Morgan fingerprint density at radius 2 is 2.22 bits per heavy atom. The maximum Gasteiger partial charge on any atom is 0.191 e. The minimum atomic E-state index is -0.239. The fourth-order valence-corrected chi connectivity index (χ4v) is 3.03. The highest BCUT2D eigenvalue weighted by Crippen LogP contribution is 2.35. The summed E-state index contributed by atoms with van der Waals surface area (Å²) in [5, 5.41) is 16.9. The Morgan fingerprint density at radius 3 is 2.78 bits per heavy atom. The number of furan rings is 1. The smallest absolute Gasteiger partial charge is 0.191 e. The maximum absolute atomic E-state index is 10.3. The normalized spacial score (nSPS) is 26.3. The molecule has 132 valence electrons. The molecule has 3 atom stereocenters. The van der Waals surface area contributed by atoms with Crippen molar-refractivity contribution in [3.63, 3.8) is 0 Å². The van der Waals surface area contributed by atoms with E-state index in [9.17, 15) is 5.11 Å². The molecule has 5 nitrogen and oxygen atoms in total. The number of hydrogen-bond donors (Lipinski definition) is 3. The van der Waals surface area contributed by atoms with E-state index < -0.39 is 0 Å². The lowest BCUT2D eigenvalue weighted by Crippen LogP contribution is -2.48. The number of rotatable bonds is 4. The summed E-state index contributed by atoms with van der Waals surface area (Å²) in [5.74, 6) is 2.54. The number of hydrogen-bond acceptors (Lipinski definition) is 3. The summed E-state index contributed by atoms with van der Waals surface area (Å²) in [7, 11) is 1.76. The highest BCUT2D eigenvalue weighted by atomic mass is 127. The molecule has 3 N–H and O–H groups in total. The molecule has 6 heteroatoms. The van der Waals surface area contributed by atoms with Crippen molar-refractivity contribution >= 4 is 29.9 Å². The van der Waals surface area contributed by atoms with Crippen LogP contribution >= 0.6 is 24.0 Å². The third-order valence-electron chi connectivity index (χ3n) is 4.70. The van der Waals surface area contributed by atoms with Crippen LogP contribution in [0.5, 0.6) is 0 Å². The van der Waals surface area contributed by atoms with Gasteiger partial charge in [-0.15, -0.1) is 24.0 Å². The highest BCUT2D eigenvalue weighted by Gasteiger charge is 2.35. The number of halogens is 1. The van der Waals surface area contributed by atoms with Gasteiger partial charge in [0.15, 0.2) is 5.96 Å². The van der Waals surface area contributed by atoms with E-state index in [0.29, 0.717) is 0 Å². The minimum absolute atomic E-state index is 0. The summed E-state index contributed by atoms with van der Waals surface area (Å²) in [5.41, 5.74) is -0.0830. The van der Waals surface area contributed by atoms with E-state index in [1.54, 1.807) is 7.05 Å². The summed E-state index contributed by atoms with van der Waals surface area (Å²) in [6.45, 7) is 6.85. The van der Waals surface area contributed by atoms with Crippen molar-refractivity contribution in [3.05, 3.63) is 23.7 Å². The van der Waals surface area contributed by atoms with Crippen LogP contribution in [-0.2, 0) is 0 Å². The van der Waals surface area contributed by atoms with E-state index in [4.69, 9.17) is 4.42 Å². The number of nitrogens with zero attached hydrogens (tertiary/aromatic N) is 1. The summed E-state index contributed by atoms with van der Waals surface area (Å²) >= 11 is 0. The summed E-state index contributed by atoms with van der Waals surface area (Å²) in [4.78, 5) is 4.27. The number of aliphatic hydroxyl groups excluding tert-OH is 1. The lowest BCUT2D eigenvalue weighted by molar-refractivity contribution is 0.00395. The van der Waals surface area contributed by atoms with E-state index in [1.165, 1.54) is 6.42 Å². The van der Waals surface area contributed by atoms with Crippen molar-refractivity contribution < 1.29 is 9.52 Å². The Morgan fingerprint density at radius 1 is 1.48 bits per heavy atom. The van der Waals surface area contributed by atoms with Gasteiger partial charge in [-0.1, -0.05) is 19.8 Å². The highest BCUT2D eigenvalue weighted by molar-refractivity contribution is 14.0. The SMILES string of the molecule is CN=C(NCC1(C)CCCCC1O)NC(C)c1ccc(C)o1.I. The third kappa shape index (κ3) is 5.38. The van der Waals surface area contributed by atoms with Gasteiger partial charge in [0.2, 0.25) is 0 Å². The van der Waals surface area contributed by atoms with E-state index in [0.717, 1.165) is 43.3 Å². The molecular weight excluding hydrogens is 405 g/mol. The molecule has 0 bridgehead atoms. The Labute approximate surface area is 156 Å². The molecule has 1 fully saturated rings. The molecule has 1 aliphatic carbocycles. The molecule has 2 rings (SSSR count). The van der Waals surface area contributed by atoms with E-state index in [-0.39, 0.29) is 41.5 Å². The second-order valence-electron chi connectivity index (χ2n) is 6.66. The predicted molar refractivity (Wildman–Crippen MR) is 104 cm³/mol.